The molecule has 0 aromatic carbocycles. The predicted octanol–water partition coefficient (Wildman–Crippen LogP) is 2.84. The van der Waals surface area contributed by atoms with Gasteiger partial charge in [0.05, 0.1) is 0 Å². The van der Waals surface area contributed by atoms with Crippen molar-refractivity contribution in [3.05, 3.63) is 12.4 Å². The molecule has 0 radical (unpaired) electrons. The van der Waals surface area contributed by atoms with Crippen LogP contribution in [0.4, 0.5) is 5.95 Å². The fourth-order valence-electron chi connectivity index (χ4n) is 2.46. The van der Waals surface area contributed by atoms with Gasteiger partial charge in [-0.25, -0.2) is 4.98 Å². The van der Waals surface area contributed by atoms with Crippen LogP contribution >= 0.6 is 0 Å². The number of rotatable bonds is 6. The highest BCUT2D eigenvalue weighted by molar-refractivity contribution is 5.28. The van der Waals surface area contributed by atoms with E-state index in [0.717, 1.165) is 19.0 Å². The van der Waals surface area contributed by atoms with Crippen molar-refractivity contribution in [3.8, 4) is 0 Å². The molecule has 4 heteroatoms. The lowest BCUT2D eigenvalue weighted by Crippen LogP contribution is -2.19. The molecule has 1 N–H and O–H groups in total. The predicted molar refractivity (Wildman–Crippen MR) is 69.3 cm³/mol. The maximum absolute atomic E-state index is 5.13. The first-order valence-corrected chi connectivity index (χ1v) is 6.59. The van der Waals surface area contributed by atoms with Gasteiger partial charge in [-0.05, 0) is 26.2 Å². The molecule has 0 amide bonds. The van der Waals surface area contributed by atoms with E-state index in [1.54, 1.807) is 7.11 Å². The van der Waals surface area contributed by atoms with E-state index in [0.29, 0.717) is 12.1 Å². The number of nitrogens with zero attached hydrogens (tertiary/aromatic N) is 2. The number of nitrogens with one attached hydrogen (secondary N) is 1. The topological polar surface area (TPSA) is 39.1 Å². The number of imidazole rings is 1. The van der Waals surface area contributed by atoms with Crippen molar-refractivity contribution >= 4 is 5.95 Å². The molecule has 0 aliphatic heterocycles. The zero-order chi connectivity index (χ0) is 12.1. The van der Waals surface area contributed by atoms with Crippen LogP contribution in [0.2, 0.25) is 0 Å². The molecule has 4 nitrogen and oxygen atoms in total. The molecule has 0 saturated heterocycles. The van der Waals surface area contributed by atoms with Crippen LogP contribution in [0.1, 0.15) is 45.1 Å². The first-order chi connectivity index (χ1) is 8.31. The second-order valence-electron chi connectivity index (χ2n) is 4.91. The normalized spacial score (nSPS) is 18.5. The first kappa shape index (κ1) is 12.4. The summed E-state index contributed by atoms with van der Waals surface area (Å²) in [5.74, 6) is 1.01. The largest absolute Gasteiger partial charge is 0.385 e. The highest BCUT2D eigenvalue weighted by Crippen LogP contribution is 2.23. The van der Waals surface area contributed by atoms with Crippen LogP contribution in [0.15, 0.2) is 12.4 Å². The van der Waals surface area contributed by atoms with E-state index in [4.69, 9.17) is 4.74 Å². The Morgan fingerprint density at radius 1 is 1.53 bits per heavy atom. The summed E-state index contributed by atoms with van der Waals surface area (Å²) in [6, 6.07) is 1.05. The van der Waals surface area contributed by atoms with Crippen LogP contribution in [0.3, 0.4) is 0 Å². The maximum atomic E-state index is 5.13. The highest BCUT2D eigenvalue weighted by Gasteiger charge is 2.17. The minimum atomic E-state index is 0.432. The molecule has 1 aliphatic carbocycles. The van der Waals surface area contributed by atoms with Gasteiger partial charge >= 0.3 is 0 Å². The number of hydrogen-bond acceptors (Lipinski definition) is 3. The smallest absolute Gasteiger partial charge is 0.203 e. The van der Waals surface area contributed by atoms with Crippen LogP contribution < -0.4 is 5.32 Å². The van der Waals surface area contributed by atoms with Crippen molar-refractivity contribution in [1.29, 1.82) is 0 Å². The molecule has 2 rings (SSSR count). The summed E-state index contributed by atoms with van der Waals surface area (Å²) in [7, 11) is 1.75. The van der Waals surface area contributed by atoms with Gasteiger partial charge in [0.2, 0.25) is 5.95 Å². The van der Waals surface area contributed by atoms with Gasteiger partial charge in [-0.2, -0.15) is 0 Å². The van der Waals surface area contributed by atoms with E-state index < -0.39 is 0 Å². The van der Waals surface area contributed by atoms with Crippen LogP contribution in [-0.4, -0.2) is 29.3 Å². The van der Waals surface area contributed by atoms with Crippen LogP contribution in [0, 0.1) is 0 Å². The molecule has 1 unspecified atom stereocenters. The number of anilines is 1. The molecule has 1 saturated carbocycles. The van der Waals surface area contributed by atoms with Gasteiger partial charge in [-0.15, -0.1) is 0 Å². The number of methoxy groups -OCH3 is 1. The highest BCUT2D eigenvalue weighted by atomic mass is 16.5. The average Bonchev–Trinajstić information content (AvgIpc) is 2.97. The summed E-state index contributed by atoms with van der Waals surface area (Å²) in [5.41, 5.74) is 0. The lowest BCUT2D eigenvalue weighted by Gasteiger charge is -2.19. The molecule has 1 fully saturated rings. The van der Waals surface area contributed by atoms with Crippen molar-refractivity contribution in [2.75, 3.05) is 19.0 Å². The Morgan fingerprint density at radius 2 is 2.29 bits per heavy atom. The Bertz CT molecular complexity index is 331. The second-order valence-corrected chi connectivity index (χ2v) is 4.91. The van der Waals surface area contributed by atoms with E-state index in [1.165, 1.54) is 25.7 Å². The van der Waals surface area contributed by atoms with E-state index in [2.05, 4.69) is 28.0 Å². The van der Waals surface area contributed by atoms with Gasteiger partial charge in [0.1, 0.15) is 0 Å². The number of ether oxygens (including phenoxy) is 1. The number of hydrogen-bond donors (Lipinski definition) is 1. The Labute approximate surface area is 103 Å². The maximum Gasteiger partial charge on any atom is 0.203 e. The summed E-state index contributed by atoms with van der Waals surface area (Å²) in [6.07, 6.45) is 10.2. The van der Waals surface area contributed by atoms with Crippen LogP contribution in [-0.2, 0) is 4.74 Å². The molecule has 0 spiro atoms. The summed E-state index contributed by atoms with van der Waals surface area (Å²) in [5, 5.41) is 3.56. The lowest BCUT2D eigenvalue weighted by molar-refractivity contribution is 0.181. The van der Waals surface area contributed by atoms with E-state index in [1.807, 2.05) is 6.20 Å². The van der Waals surface area contributed by atoms with Crippen molar-refractivity contribution in [2.45, 2.75) is 51.1 Å². The molecule has 1 atom stereocenters. The third-order valence-electron chi connectivity index (χ3n) is 3.57. The monoisotopic (exact) mass is 237 g/mol. The van der Waals surface area contributed by atoms with Gasteiger partial charge in [0, 0.05) is 38.2 Å². The van der Waals surface area contributed by atoms with Gasteiger partial charge in [0.15, 0.2) is 0 Å². The third kappa shape index (κ3) is 3.22. The molecule has 1 aliphatic rings. The Morgan fingerprint density at radius 3 is 3.00 bits per heavy atom. The molecule has 17 heavy (non-hydrogen) atoms. The Balaban J connectivity index is 1.95. The first-order valence-electron chi connectivity index (χ1n) is 6.59. The average molecular weight is 237 g/mol. The van der Waals surface area contributed by atoms with Gasteiger partial charge < -0.3 is 14.6 Å². The summed E-state index contributed by atoms with van der Waals surface area (Å²) < 4.78 is 7.35. The van der Waals surface area contributed by atoms with E-state index >= 15 is 0 Å². The van der Waals surface area contributed by atoms with E-state index in [-0.39, 0.29) is 0 Å². The zero-order valence-electron chi connectivity index (χ0n) is 10.9. The minimum absolute atomic E-state index is 0.432. The van der Waals surface area contributed by atoms with Crippen molar-refractivity contribution in [3.63, 3.8) is 0 Å². The van der Waals surface area contributed by atoms with Gasteiger partial charge in [-0.1, -0.05) is 12.8 Å². The summed E-state index contributed by atoms with van der Waals surface area (Å²) >= 11 is 0. The second kappa shape index (κ2) is 6.05. The van der Waals surface area contributed by atoms with Crippen molar-refractivity contribution in [1.82, 2.24) is 9.55 Å². The van der Waals surface area contributed by atoms with E-state index in [9.17, 15) is 0 Å². The standard InChI is InChI=1S/C13H23N3O/c1-11(7-10-17-2)16-9-8-14-13(16)15-12-5-3-4-6-12/h8-9,11-12H,3-7,10H2,1-2H3,(H,14,15). The molecule has 1 aromatic rings. The lowest BCUT2D eigenvalue weighted by atomic mass is 10.2. The zero-order valence-corrected chi connectivity index (χ0v) is 10.9. The summed E-state index contributed by atoms with van der Waals surface area (Å²) in [6.45, 7) is 3.00. The van der Waals surface area contributed by atoms with Crippen LogP contribution in [0.5, 0.6) is 0 Å². The fraction of sp³-hybridized carbons (Fsp3) is 0.769. The molecule has 1 aromatic heterocycles. The Kier molecular flexibility index (Phi) is 4.42. The quantitative estimate of drug-likeness (QED) is 0.827. The molecular formula is C13H23N3O. The molecule has 96 valence electrons. The Hall–Kier alpha value is -1.03. The molecule has 1 heterocycles. The SMILES string of the molecule is COCCC(C)n1ccnc1NC1CCCC1. The van der Waals surface area contributed by atoms with Gasteiger partial charge in [-0.3, -0.25) is 0 Å². The molecular weight excluding hydrogens is 214 g/mol. The van der Waals surface area contributed by atoms with Crippen molar-refractivity contribution < 1.29 is 4.74 Å². The van der Waals surface area contributed by atoms with Gasteiger partial charge in [0.25, 0.3) is 0 Å². The summed E-state index contributed by atoms with van der Waals surface area (Å²) in [4.78, 5) is 4.42. The van der Waals surface area contributed by atoms with Crippen LogP contribution in [0.25, 0.3) is 0 Å². The molecule has 0 bridgehead atoms. The minimum Gasteiger partial charge on any atom is -0.385 e. The van der Waals surface area contributed by atoms with Crippen molar-refractivity contribution in [2.24, 2.45) is 0 Å². The third-order valence-corrected chi connectivity index (χ3v) is 3.57. The number of aromatic nitrogens is 2. The fourth-order valence-corrected chi connectivity index (χ4v) is 2.46.